The molecule has 0 saturated heterocycles. The number of pyridine rings is 1. The highest BCUT2D eigenvalue weighted by Crippen LogP contribution is 2.29. The molecule has 3 aromatic heterocycles. The number of fused-ring (bicyclic) bond motifs is 2. The van der Waals surface area contributed by atoms with Gasteiger partial charge in [0.05, 0.1) is 32.8 Å². The van der Waals surface area contributed by atoms with Crippen LogP contribution in [0.15, 0.2) is 54.9 Å². The normalized spacial score (nSPS) is 11.2. The number of carbonyl (C=O) groups excluding carboxylic acids is 1. The van der Waals surface area contributed by atoms with Gasteiger partial charge in [-0.2, -0.15) is 5.10 Å². The van der Waals surface area contributed by atoms with Gasteiger partial charge in [-0.1, -0.05) is 29.8 Å². The summed E-state index contributed by atoms with van der Waals surface area (Å²) in [7, 11) is 0. The van der Waals surface area contributed by atoms with E-state index < -0.39 is 0 Å². The second kappa shape index (κ2) is 6.72. The molecule has 0 saturated carbocycles. The third-order valence-corrected chi connectivity index (χ3v) is 4.98. The smallest absolute Gasteiger partial charge is 0.259 e. The third kappa shape index (κ3) is 3.01. The van der Waals surface area contributed by atoms with E-state index in [-0.39, 0.29) is 5.91 Å². The Morgan fingerprint density at radius 3 is 2.90 bits per heavy atom. The lowest BCUT2D eigenvalue weighted by atomic mass is 10.1. The highest BCUT2D eigenvalue weighted by atomic mass is 35.5. The van der Waals surface area contributed by atoms with Gasteiger partial charge in [-0.25, -0.2) is 4.98 Å². The molecule has 8 heteroatoms. The molecule has 1 amide bonds. The third-order valence-electron chi connectivity index (χ3n) is 4.67. The number of anilines is 1. The van der Waals surface area contributed by atoms with Crippen molar-refractivity contribution in [2.24, 2.45) is 0 Å². The fourth-order valence-corrected chi connectivity index (χ4v) is 3.56. The molecule has 2 aromatic carbocycles. The molecule has 0 radical (unpaired) electrons. The van der Waals surface area contributed by atoms with E-state index in [1.54, 1.807) is 18.5 Å². The predicted octanol–water partition coefficient (Wildman–Crippen LogP) is 4.72. The molecule has 5 aromatic rings. The van der Waals surface area contributed by atoms with Gasteiger partial charge < -0.3 is 10.3 Å². The van der Waals surface area contributed by atoms with E-state index >= 15 is 0 Å². The SMILES string of the molecule is Cc1cnc2c(C(=O)Nc3c[nH]nc3-c3nc4ccccc4[nH]3)c(Cl)ccc2c1. The lowest BCUT2D eigenvalue weighted by molar-refractivity contribution is 0.102. The van der Waals surface area contributed by atoms with E-state index in [1.165, 1.54) is 0 Å². The molecule has 0 unspecified atom stereocenters. The second-order valence-electron chi connectivity index (χ2n) is 6.71. The zero-order chi connectivity index (χ0) is 20.0. The van der Waals surface area contributed by atoms with E-state index in [0.717, 1.165) is 22.0 Å². The molecule has 0 atom stereocenters. The maximum atomic E-state index is 13.1. The summed E-state index contributed by atoms with van der Waals surface area (Å²) in [6.07, 6.45) is 3.32. The molecular weight excluding hydrogens is 388 g/mol. The van der Waals surface area contributed by atoms with Crippen molar-refractivity contribution in [2.75, 3.05) is 5.32 Å². The molecule has 0 aliphatic carbocycles. The lowest BCUT2D eigenvalue weighted by Crippen LogP contribution is -2.14. The number of hydrogen-bond donors (Lipinski definition) is 3. The quantitative estimate of drug-likeness (QED) is 0.406. The van der Waals surface area contributed by atoms with Crippen LogP contribution < -0.4 is 5.32 Å². The van der Waals surface area contributed by atoms with Crippen molar-refractivity contribution >= 4 is 45.1 Å². The summed E-state index contributed by atoms with van der Waals surface area (Å²) in [5, 5.41) is 11.1. The van der Waals surface area contributed by atoms with Crippen LogP contribution in [0.3, 0.4) is 0 Å². The Morgan fingerprint density at radius 2 is 2.03 bits per heavy atom. The number of benzene rings is 2. The molecule has 0 spiro atoms. The number of aromatic nitrogens is 5. The minimum atomic E-state index is -0.365. The Morgan fingerprint density at radius 1 is 1.17 bits per heavy atom. The van der Waals surface area contributed by atoms with Crippen LogP contribution in [0.4, 0.5) is 5.69 Å². The van der Waals surface area contributed by atoms with Gasteiger partial charge in [-0.3, -0.25) is 14.9 Å². The van der Waals surface area contributed by atoms with E-state index in [9.17, 15) is 4.79 Å². The lowest BCUT2D eigenvalue weighted by Gasteiger charge is -2.09. The zero-order valence-corrected chi connectivity index (χ0v) is 16.1. The first kappa shape index (κ1) is 17.4. The second-order valence-corrected chi connectivity index (χ2v) is 7.12. The maximum Gasteiger partial charge on any atom is 0.259 e. The molecule has 5 rings (SSSR count). The number of nitrogens with one attached hydrogen (secondary N) is 3. The number of nitrogens with zero attached hydrogens (tertiary/aromatic N) is 3. The zero-order valence-electron chi connectivity index (χ0n) is 15.3. The van der Waals surface area contributed by atoms with Gasteiger partial charge in [0.2, 0.25) is 0 Å². The largest absolute Gasteiger partial charge is 0.337 e. The summed E-state index contributed by atoms with van der Waals surface area (Å²) in [5.74, 6) is 0.191. The van der Waals surface area contributed by atoms with Gasteiger partial charge in [-0.15, -0.1) is 0 Å². The van der Waals surface area contributed by atoms with Gasteiger partial charge in [-0.05, 0) is 36.8 Å². The number of para-hydroxylation sites is 2. The number of H-pyrrole nitrogens is 2. The van der Waals surface area contributed by atoms with Gasteiger partial charge in [0.1, 0.15) is 0 Å². The summed E-state index contributed by atoms with van der Waals surface area (Å²) in [6, 6.07) is 13.2. The Hall–Kier alpha value is -3.71. The number of amides is 1. The Balaban J connectivity index is 1.54. The van der Waals surface area contributed by atoms with E-state index in [0.29, 0.717) is 33.3 Å². The van der Waals surface area contributed by atoms with Crippen LogP contribution in [-0.2, 0) is 0 Å². The van der Waals surface area contributed by atoms with Crippen molar-refractivity contribution in [1.29, 1.82) is 0 Å². The monoisotopic (exact) mass is 402 g/mol. The fourth-order valence-electron chi connectivity index (χ4n) is 3.32. The van der Waals surface area contributed by atoms with Crippen LogP contribution in [0.25, 0.3) is 33.5 Å². The first-order valence-electron chi connectivity index (χ1n) is 8.95. The Labute approximate surface area is 170 Å². The minimum absolute atomic E-state index is 0.320. The van der Waals surface area contributed by atoms with Crippen molar-refractivity contribution in [1.82, 2.24) is 25.1 Å². The van der Waals surface area contributed by atoms with Crippen molar-refractivity contribution < 1.29 is 4.79 Å². The number of imidazole rings is 1. The molecule has 7 nitrogen and oxygen atoms in total. The van der Waals surface area contributed by atoms with Crippen LogP contribution in [-0.4, -0.2) is 31.1 Å². The van der Waals surface area contributed by atoms with E-state index in [1.807, 2.05) is 43.3 Å². The van der Waals surface area contributed by atoms with Gasteiger partial charge in [0.15, 0.2) is 11.5 Å². The highest BCUT2D eigenvalue weighted by Gasteiger charge is 2.20. The van der Waals surface area contributed by atoms with Crippen LogP contribution >= 0.6 is 11.6 Å². The molecule has 29 heavy (non-hydrogen) atoms. The summed E-state index contributed by atoms with van der Waals surface area (Å²) in [4.78, 5) is 25.3. The topological polar surface area (TPSA) is 99.3 Å². The average Bonchev–Trinajstić information content (AvgIpc) is 3.34. The summed E-state index contributed by atoms with van der Waals surface area (Å²) in [6.45, 7) is 1.95. The Bertz CT molecular complexity index is 1350. The molecule has 0 fully saturated rings. The van der Waals surface area contributed by atoms with Crippen molar-refractivity contribution in [3.05, 3.63) is 71.0 Å². The van der Waals surface area contributed by atoms with Crippen LogP contribution in [0.5, 0.6) is 0 Å². The fraction of sp³-hybridized carbons (Fsp3) is 0.0476. The molecule has 0 aliphatic heterocycles. The molecule has 142 valence electrons. The number of hydrogen-bond acceptors (Lipinski definition) is 4. The molecular formula is C21H15ClN6O. The standard InChI is InChI=1S/C21H15ClN6O/c1-11-8-12-6-7-13(22)17(18(12)23-9-11)21(29)27-16-10-24-28-19(16)20-25-14-4-2-3-5-15(14)26-20/h2-10H,1H3,(H,24,28)(H,25,26)(H,27,29). The Kier molecular flexibility index (Phi) is 4.03. The minimum Gasteiger partial charge on any atom is -0.337 e. The van der Waals surface area contributed by atoms with Gasteiger partial charge in [0, 0.05) is 17.8 Å². The van der Waals surface area contributed by atoms with Crippen LogP contribution in [0.1, 0.15) is 15.9 Å². The van der Waals surface area contributed by atoms with E-state index in [4.69, 9.17) is 11.6 Å². The van der Waals surface area contributed by atoms with Crippen LogP contribution in [0, 0.1) is 6.92 Å². The number of carbonyl (C=O) groups is 1. The molecule has 3 heterocycles. The van der Waals surface area contributed by atoms with Gasteiger partial charge in [0.25, 0.3) is 5.91 Å². The predicted molar refractivity (Wildman–Crippen MR) is 113 cm³/mol. The van der Waals surface area contributed by atoms with Gasteiger partial charge >= 0.3 is 0 Å². The summed E-state index contributed by atoms with van der Waals surface area (Å²) in [5.41, 5.74) is 4.59. The summed E-state index contributed by atoms with van der Waals surface area (Å²) >= 11 is 6.35. The average molecular weight is 403 g/mol. The first-order valence-corrected chi connectivity index (χ1v) is 9.33. The summed E-state index contributed by atoms with van der Waals surface area (Å²) < 4.78 is 0. The van der Waals surface area contributed by atoms with Crippen molar-refractivity contribution in [3.63, 3.8) is 0 Å². The molecule has 0 bridgehead atoms. The highest BCUT2D eigenvalue weighted by molar-refractivity contribution is 6.36. The molecule has 3 N–H and O–H groups in total. The van der Waals surface area contributed by atoms with Crippen LogP contribution in [0.2, 0.25) is 5.02 Å². The number of rotatable bonds is 3. The number of aryl methyl sites for hydroxylation is 1. The molecule has 0 aliphatic rings. The van der Waals surface area contributed by atoms with Crippen molar-refractivity contribution in [3.8, 4) is 11.5 Å². The van der Waals surface area contributed by atoms with E-state index in [2.05, 4.69) is 30.5 Å². The number of halogens is 1. The number of aromatic amines is 2. The first-order chi connectivity index (χ1) is 14.1. The van der Waals surface area contributed by atoms with Crippen molar-refractivity contribution in [2.45, 2.75) is 6.92 Å². The maximum absolute atomic E-state index is 13.1.